The lowest BCUT2D eigenvalue weighted by Gasteiger charge is -2.29. The van der Waals surface area contributed by atoms with E-state index >= 15 is 0 Å². The van der Waals surface area contributed by atoms with E-state index in [2.05, 4.69) is 33.8 Å². The lowest BCUT2D eigenvalue weighted by atomic mass is 9.84. The summed E-state index contributed by atoms with van der Waals surface area (Å²) in [7, 11) is 0. The van der Waals surface area contributed by atoms with E-state index in [0.29, 0.717) is 19.5 Å². The summed E-state index contributed by atoms with van der Waals surface area (Å²) < 4.78 is 13.4. The van der Waals surface area contributed by atoms with Crippen molar-refractivity contribution >= 4 is 23.2 Å². The highest BCUT2D eigenvalue weighted by Crippen LogP contribution is 2.31. The normalized spacial score (nSPS) is 14.7. The number of amides is 2. The summed E-state index contributed by atoms with van der Waals surface area (Å²) in [5, 5.41) is 2.03. The molecule has 2 amide bonds. The smallest absolute Gasteiger partial charge is 0.242 e. The van der Waals surface area contributed by atoms with Gasteiger partial charge in [-0.15, -0.1) is 11.3 Å². The molecule has 1 fully saturated rings. The topological polar surface area (TPSA) is 40.6 Å². The number of benzene rings is 1. The molecule has 1 aromatic carbocycles. The van der Waals surface area contributed by atoms with E-state index < -0.39 is 0 Å². The predicted octanol–water partition coefficient (Wildman–Crippen LogP) is 6.18. The maximum Gasteiger partial charge on any atom is 0.242 e. The SMILES string of the molecule is Cc1ccsc1CN(Cc1ccc(F)cc1)C(=O)CN(C(=O)CC(C)CC(C)(C)C)C1CC1. The van der Waals surface area contributed by atoms with Gasteiger partial charge in [-0.05, 0) is 72.2 Å². The highest BCUT2D eigenvalue weighted by atomic mass is 32.1. The molecule has 0 radical (unpaired) electrons. The second kappa shape index (κ2) is 10.8. The Balaban J connectivity index is 1.72. The van der Waals surface area contributed by atoms with Crippen molar-refractivity contribution in [2.45, 2.75) is 79.4 Å². The molecule has 0 aliphatic heterocycles. The third-order valence-electron chi connectivity index (χ3n) is 6.04. The maximum absolute atomic E-state index is 13.5. The van der Waals surface area contributed by atoms with Gasteiger partial charge in [0.15, 0.2) is 0 Å². The molecule has 1 aliphatic rings. The van der Waals surface area contributed by atoms with Crippen LogP contribution in [0.2, 0.25) is 0 Å². The average Bonchev–Trinajstić information content (AvgIpc) is 3.47. The molecule has 0 N–H and O–H groups in total. The summed E-state index contributed by atoms with van der Waals surface area (Å²) in [4.78, 5) is 31.4. The Hall–Kier alpha value is -2.21. The second-order valence-electron chi connectivity index (χ2n) is 10.7. The highest BCUT2D eigenvalue weighted by Gasteiger charge is 2.35. The molecule has 2 aromatic rings. The van der Waals surface area contributed by atoms with Crippen LogP contribution in [-0.4, -0.2) is 34.2 Å². The van der Waals surface area contributed by atoms with Gasteiger partial charge in [0.1, 0.15) is 12.4 Å². The van der Waals surface area contributed by atoms with Crippen LogP contribution < -0.4 is 0 Å². The lowest BCUT2D eigenvalue weighted by Crippen LogP contribution is -2.44. The van der Waals surface area contributed by atoms with Crippen LogP contribution in [0.15, 0.2) is 35.7 Å². The van der Waals surface area contributed by atoms with Gasteiger partial charge in [-0.3, -0.25) is 9.59 Å². The Bertz CT molecular complexity index is 944. The number of hydrogen-bond donors (Lipinski definition) is 0. The van der Waals surface area contributed by atoms with Crippen LogP contribution in [0.25, 0.3) is 0 Å². The van der Waals surface area contributed by atoms with Gasteiger partial charge in [0.2, 0.25) is 11.8 Å². The van der Waals surface area contributed by atoms with Crippen LogP contribution in [0.5, 0.6) is 0 Å². The van der Waals surface area contributed by atoms with Crippen molar-refractivity contribution in [1.29, 1.82) is 0 Å². The number of carbonyl (C=O) groups excluding carboxylic acids is 2. The maximum atomic E-state index is 13.5. The number of thiophene rings is 1. The summed E-state index contributed by atoms with van der Waals surface area (Å²) in [6.07, 6.45) is 3.38. The third kappa shape index (κ3) is 7.95. The quantitative estimate of drug-likeness (QED) is 0.414. The first-order valence-electron chi connectivity index (χ1n) is 11.9. The molecule has 0 saturated heterocycles. The number of carbonyl (C=O) groups is 2. The first-order chi connectivity index (χ1) is 15.5. The predicted molar refractivity (Wildman–Crippen MR) is 132 cm³/mol. The first-order valence-corrected chi connectivity index (χ1v) is 12.7. The zero-order valence-electron chi connectivity index (χ0n) is 20.6. The molecule has 1 atom stereocenters. The van der Waals surface area contributed by atoms with E-state index in [4.69, 9.17) is 0 Å². The number of nitrogens with zero attached hydrogens (tertiary/aromatic N) is 2. The van der Waals surface area contributed by atoms with Crippen molar-refractivity contribution < 1.29 is 14.0 Å². The molecule has 33 heavy (non-hydrogen) atoms. The minimum atomic E-state index is -0.291. The fourth-order valence-electron chi connectivity index (χ4n) is 4.37. The molecule has 3 rings (SSSR count). The van der Waals surface area contributed by atoms with Gasteiger partial charge in [0.05, 0.1) is 6.54 Å². The Kier molecular flexibility index (Phi) is 8.33. The second-order valence-corrected chi connectivity index (χ2v) is 11.7. The van der Waals surface area contributed by atoms with Gasteiger partial charge in [0, 0.05) is 23.9 Å². The third-order valence-corrected chi connectivity index (χ3v) is 7.05. The van der Waals surface area contributed by atoms with E-state index in [-0.39, 0.29) is 41.6 Å². The molecular weight excluding hydrogens is 435 g/mol. The molecule has 1 aliphatic carbocycles. The lowest BCUT2D eigenvalue weighted by molar-refractivity contribution is -0.142. The number of aryl methyl sites for hydroxylation is 1. The minimum Gasteiger partial charge on any atom is -0.332 e. The fraction of sp³-hybridized carbons (Fsp3) is 0.556. The van der Waals surface area contributed by atoms with Crippen molar-refractivity contribution in [3.8, 4) is 0 Å². The Morgan fingerprint density at radius 3 is 2.30 bits per heavy atom. The standard InChI is InChI=1S/C27H37FN2O2S/c1-19(15-27(3,4)5)14-25(31)30(23-10-11-23)18-26(32)29(17-24-20(2)12-13-33-24)16-21-6-8-22(28)9-7-21/h6-9,12-13,19,23H,10-11,14-18H2,1-5H3. The van der Waals surface area contributed by atoms with Crippen molar-refractivity contribution in [2.24, 2.45) is 11.3 Å². The molecule has 0 spiro atoms. The molecule has 6 heteroatoms. The highest BCUT2D eigenvalue weighted by molar-refractivity contribution is 7.10. The largest absolute Gasteiger partial charge is 0.332 e. The van der Waals surface area contributed by atoms with Crippen LogP contribution in [0.4, 0.5) is 4.39 Å². The summed E-state index contributed by atoms with van der Waals surface area (Å²) in [6.45, 7) is 11.7. The number of halogens is 1. The molecular formula is C27H37FN2O2S. The molecule has 4 nitrogen and oxygen atoms in total. The average molecular weight is 473 g/mol. The number of rotatable bonds is 10. The van der Waals surface area contributed by atoms with Crippen molar-refractivity contribution in [1.82, 2.24) is 9.80 Å². The zero-order valence-corrected chi connectivity index (χ0v) is 21.4. The van der Waals surface area contributed by atoms with Crippen LogP contribution >= 0.6 is 11.3 Å². The summed E-state index contributed by atoms with van der Waals surface area (Å²) >= 11 is 1.63. The van der Waals surface area contributed by atoms with Crippen LogP contribution in [0.3, 0.4) is 0 Å². The number of hydrogen-bond acceptors (Lipinski definition) is 3. The van der Waals surface area contributed by atoms with Gasteiger partial charge < -0.3 is 9.80 Å². The molecule has 180 valence electrons. The van der Waals surface area contributed by atoms with Gasteiger partial charge in [0.25, 0.3) is 0 Å². The van der Waals surface area contributed by atoms with Crippen LogP contribution in [-0.2, 0) is 22.7 Å². The van der Waals surface area contributed by atoms with Crippen molar-refractivity contribution in [3.05, 3.63) is 57.5 Å². The van der Waals surface area contributed by atoms with E-state index in [1.165, 1.54) is 12.1 Å². The fourth-order valence-corrected chi connectivity index (χ4v) is 5.29. The summed E-state index contributed by atoms with van der Waals surface area (Å²) in [6, 6.07) is 8.51. The van der Waals surface area contributed by atoms with Gasteiger partial charge in [-0.25, -0.2) is 4.39 Å². The zero-order chi connectivity index (χ0) is 24.2. The van der Waals surface area contributed by atoms with Crippen LogP contribution in [0, 0.1) is 24.1 Å². The molecule has 0 bridgehead atoms. The molecule has 1 heterocycles. The van der Waals surface area contributed by atoms with E-state index in [1.54, 1.807) is 33.3 Å². The van der Waals surface area contributed by atoms with Gasteiger partial charge in [-0.2, -0.15) is 0 Å². The van der Waals surface area contributed by atoms with Gasteiger partial charge >= 0.3 is 0 Å². The molecule has 1 aromatic heterocycles. The monoisotopic (exact) mass is 472 g/mol. The molecule has 1 unspecified atom stereocenters. The molecule has 1 saturated carbocycles. The van der Waals surface area contributed by atoms with Gasteiger partial charge in [-0.1, -0.05) is 39.8 Å². The Morgan fingerprint density at radius 1 is 1.09 bits per heavy atom. The van der Waals surface area contributed by atoms with E-state index in [1.807, 2.05) is 12.3 Å². The minimum absolute atomic E-state index is 0.0594. The summed E-state index contributed by atoms with van der Waals surface area (Å²) in [5.74, 6) is 0.00559. The van der Waals surface area contributed by atoms with Crippen molar-refractivity contribution in [3.63, 3.8) is 0 Å². The Labute approximate surface area is 201 Å². The first kappa shape index (κ1) is 25.4. The summed E-state index contributed by atoms with van der Waals surface area (Å²) in [5.41, 5.74) is 2.20. The Morgan fingerprint density at radius 2 is 1.76 bits per heavy atom. The van der Waals surface area contributed by atoms with Crippen molar-refractivity contribution in [2.75, 3.05) is 6.54 Å². The van der Waals surface area contributed by atoms with E-state index in [9.17, 15) is 14.0 Å². The van der Waals surface area contributed by atoms with Crippen LogP contribution in [0.1, 0.15) is 69.4 Å². The van der Waals surface area contributed by atoms with E-state index in [0.717, 1.165) is 35.3 Å².